The molecule has 0 atom stereocenters. The van der Waals surface area contributed by atoms with Gasteiger partial charge in [-0.2, -0.15) is 0 Å². The first kappa shape index (κ1) is 21.2. The SMILES string of the molecule is COC(=O)COc1ccc(/C=C2\SC(=O)N(Cc3ccc(Cl)cc3Cl)C2=O)cc1. The van der Waals surface area contributed by atoms with Crippen molar-refractivity contribution < 1.29 is 23.9 Å². The van der Waals surface area contributed by atoms with Gasteiger partial charge < -0.3 is 9.47 Å². The molecule has 9 heteroatoms. The number of hydrogen-bond acceptors (Lipinski definition) is 6. The molecule has 29 heavy (non-hydrogen) atoms. The van der Waals surface area contributed by atoms with Crippen LogP contribution in [0, 0.1) is 0 Å². The maximum atomic E-state index is 12.7. The van der Waals surface area contributed by atoms with Gasteiger partial charge >= 0.3 is 5.97 Å². The number of thioether (sulfide) groups is 1. The van der Waals surface area contributed by atoms with Crippen LogP contribution >= 0.6 is 35.0 Å². The van der Waals surface area contributed by atoms with Gasteiger partial charge in [-0.1, -0.05) is 41.4 Å². The van der Waals surface area contributed by atoms with E-state index in [9.17, 15) is 14.4 Å². The van der Waals surface area contributed by atoms with Gasteiger partial charge in [0.15, 0.2) is 6.61 Å². The normalized spacial score (nSPS) is 15.1. The first-order valence-electron chi connectivity index (χ1n) is 8.36. The largest absolute Gasteiger partial charge is 0.482 e. The second-order valence-corrected chi connectivity index (χ2v) is 7.77. The van der Waals surface area contributed by atoms with Crippen LogP contribution in [0.3, 0.4) is 0 Å². The lowest BCUT2D eigenvalue weighted by Gasteiger charge is -2.13. The number of carbonyl (C=O) groups is 3. The fourth-order valence-electron chi connectivity index (χ4n) is 2.47. The molecule has 0 aromatic heterocycles. The Bertz CT molecular complexity index is 991. The van der Waals surface area contributed by atoms with Crippen molar-refractivity contribution in [2.45, 2.75) is 6.54 Å². The molecular weight excluding hydrogens is 437 g/mol. The molecule has 2 amide bonds. The second kappa shape index (κ2) is 9.35. The number of rotatable bonds is 6. The van der Waals surface area contributed by atoms with E-state index in [2.05, 4.69) is 4.74 Å². The lowest BCUT2D eigenvalue weighted by atomic mass is 10.2. The van der Waals surface area contributed by atoms with Crippen molar-refractivity contribution in [2.75, 3.05) is 13.7 Å². The second-order valence-electron chi connectivity index (χ2n) is 5.94. The number of halogens is 2. The van der Waals surface area contributed by atoms with Crippen LogP contribution in [0.5, 0.6) is 5.75 Å². The van der Waals surface area contributed by atoms with Gasteiger partial charge in [0.2, 0.25) is 0 Å². The van der Waals surface area contributed by atoms with Crippen molar-refractivity contribution in [3.63, 3.8) is 0 Å². The van der Waals surface area contributed by atoms with E-state index in [4.69, 9.17) is 27.9 Å². The van der Waals surface area contributed by atoms with Crippen molar-refractivity contribution in [3.05, 3.63) is 68.5 Å². The van der Waals surface area contributed by atoms with Crippen molar-refractivity contribution in [1.82, 2.24) is 4.90 Å². The molecule has 0 aliphatic carbocycles. The Hall–Kier alpha value is -2.48. The Balaban J connectivity index is 1.70. The Kier molecular flexibility index (Phi) is 6.84. The van der Waals surface area contributed by atoms with Crippen LogP contribution in [-0.2, 0) is 20.9 Å². The number of benzene rings is 2. The number of esters is 1. The fourth-order valence-corrected chi connectivity index (χ4v) is 3.78. The molecule has 3 rings (SSSR count). The maximum absolute atomic E-state index is 12.7. The number of nitrogens with zero attached hydrogens (tertiary/aromatic N) is 1. The average Bonchev–Trinajstić information content (AvgIpc) is 2.96. The van der Waals surface area contributed by atoms with Gasteiger partial charge in [-0.25, -0.2) is 4.79 Å². The molecule has 1 fully saturated rings. The topological polar surface area (TPSA) is 72.9 Å². The number of ether oxygens (including phenoxy) is 2. The zero-order chi connectivity index (χ0) is 21.0. The minimum atomic E-state index is -0.483. The summed E-state index contributed by atoms with van der Waals surface area (Å²) in [5.41, 5.74) is 1.34. The van der Waals surface area contributed by atoms with Crippen LogP contribution in [0.1, 0.15) is 11.1 Å². The van der Waals surface area contributed by atoms with Crippen LogP contribution in [0.4, 0.5) is 4.79 Å². The first-order chi connectivity index (χ1) is 13.9. The molecule has 0 bridgehead atoms. The van der Waals surface area contributed by atoms with Crippen LogP contribution in [0.2, 0.25) is 10.0 Å². The molecule has 0 N–H and O–H groups in total. The van der Waals surface area contributed by atoms with Crippen LogP contribution < -0.4 is 4.74 Å². The summed E-state index contributed by atoms with van der Waals surface area (Å²) in [7, 11) is 1.28. The molecule has 0 unspecified atom stereocenters. The molecule has 0 saturated carbocycles. The third-order valence-corrected chi connectivity index (χ3v) is 5.47. The number of amides is 2. The quantitative estimate of drug-likeness (QED) is 0.464. The van der Waals surface area contributed by atoms with Gasteiger partial charge in [-0.3, -0.25) is 14.5 Å². The molecule has 0 spiro atoms. The zero-order valence-corrected chi connectivity index (χ0v) is 17.5. The van der Waals surface area contributed by atoms with Crippen LogP contribution in [0.15, 0.2) is 47.4 Å². The molecule has 1 aliphatic rings. The van der Waals surface area contributed by atoms with Crippen LogP contribution in [-0.4, -0.2) is 35.7 Å². The van der Waals surface area contributed by atoms with Gasteiger partial charge in [0.05, 0.1) is 18.6 Å². The summed E-state index contributed by atoms with van der Waals surface area (Å²) in [4.78, 5) is 37.5. The molecule has 0 radical (unpaired) electrons. The highest BCUT2D eigenvalue weighted by atomic mass is 35.5. The van der Waals surface area contributed by atoms with Gasteiger partial charge in [-0.15, -0.1) is 0 Å². The van der Waals surface area contributed by atoms with E-state index in [0.29, 0.717) is 31.8 Å². The highest BCUT2D eigenvalue weighted by Gasteiger charge is 2.35. The summed E-state index contributed by atoms with van der Waals surface area (Å²) in [6.07, 6.45) is 1.62. The van der Waals surface area contributed by atoms with E-state index in [1.54, 1.807) is 48.5 Å². The fraction of sp³-hybridized carbons (Fsp3) is 0.150. The van der Waals surface area contributed by atoms with Crippen molar-refractivity contribution in [2.24, 2.45) is 0 Å². The van der Waals surface area contributed by atoms with Gasteiger partial charge in [0.1, 0.15) is 5.75 Å². The standard InChI is InChI=1S/C20H15Cl2NO5S/c1-27-18(24)11-28-15-6-2-12(3-7-15)8-17-19(25)23(20(26)29-17)10-13-4-5-14(21)9-16(13)22/h2-9H,10-11H2,1H3/b17-8-. The monoisotopic (exact) mass is 451 g/mol. The summed E-state index contributed by atoms with van der Waals surface area (Å²) in [5, 5.41) is 0.500. The first-order valence-corrected chi connectivity index (χ1v) is 9.93. The molecule has 1 heterocycles. The van der Waals surface area contributed by atoms with E-state index in [0.717, 1.165) is 16.7 Å². The minimum Gasteiger partial charge on any atom is -0.482 e. The number of imide groups is 1. The highest BCUT2D eigenvalue weighted by molar-refractivity contribution is 8.18. The summed E-state index contributed by atoms with van der Waals surface area (Å²) >= 11 is 12.9. The van der Waals surface area contributed by atoms with E-state index in [-0.39, 0.29) is 18.4 Å². The Morgan fingerprint density at radius 1 is 1.14 bits per heavy atom. The molecule has 150 valence electrons. The molecule has 1 aliphatic heterocycles. The lowest BCUT2D eigenvalue weighted by molar-refractivity contribution is -0.142. The highest BCUT2D eigenvalue weighted by Crippen LogP contribution is 2.34. The molecule has 1 saturated heterocycles. The summed E-state index contributed by atoms with van der Waals surface area (Å²) in [6.45, 7) is -0.125. The van der Waals surface area contributed by atoms with E-state index in [1.165, 1.54) is 7.11 Å². The number of hydrogen-bond donors (Lipinski definition) is 0. The minimum absolute atomic E-state index is 0.0678. The Morgan fingerprint density at radius 3 is 2.52 bits per heavy atom. The van der Waals surface area contributed by atoms with Gasteiger partial charge in [0, 0.05) is 10.0 Å². The third kappa shape index (κ3) is 5.32. The van der Waals surface area contributed by atoms with Crippen LogP contribution in [0.25, 0.3) is 6.08 Å². The zero-order valence-electron chi connectivity index (χ0n) is 15.2. The van der Waals surface area contributed by atoms with E-state index >= 15 is 0 Å². The smallest absolute Gasteiger partial charge is 0.343 e. The molecule has 2 aromatic rings. The summed E-state index contributed by atoms with van der Waals surface area (Å²) in [5.74, 6) is -0.390. The number of carbonyl (C=O) groups excluding carboxylic acids is 3. The summed E-state index contributed by atoms with van der Waals surface area (Å²) < 4.78 is 9.78. The Morgan fingerprint density at radius 2 is 1.86 bits per heavy atom. The third-order valence-electron chi connectivity index (χ3n) is 3.98. The van der Waals surface area contributed by atoms with Crippen molar-refractivity contribution in [3.8, 4) is 5.75 Å². The Labute approximate surface area is 181 Å². The maximum Gasteiger partial charge on any atom is 0.343 e. The van der Waals surface area contributed by atoms with Gasteiger partial charge in [-0.05, 0) is 53.2 Å². The average molecular weight is 452 g/mol. The predicted molar refractivity (Wildman–Crippen MR) is 112 cm³/mol. The summed E-state index contributed by atoms with van der Waals surface area (Å²) in [6, 6.07) is 11.7. The van der Waals surface area contributed by atoms with E-state index < -0.39 is 11.9 Å². The van der Waals surface area contributed by atoms with E-state index in [1.807, 2.05) is 0 Å². The lowest BCUT2D eigenvalue weighted by Crippen LogP contribution is -2.27. The predicted octanol–water partition coefficient (Wildman–Crippen LogP) is 4.78. The molecule has 6 nitrogen and oxygen atoms in total. The van der Waals surface area contributed by atoms with Gasteiger partial charge in [0.25, 0.3) is 11.1 Å². The van der Waals surface area contributed by atoms with Crippen molar-refractivity contribution >= 4 is 58.2 Å². The van der Waals surface area contributed by atoms with Crippen molar-refractivity contribution in [1.29, 1.82) is 0 Å². The molecule has 2 aromatic carbocycles. The molecular formula is C20H15Cl2NO5S. The number of methoxy groups -OCH3 is 1.